The van der Waals surface area contributed by atoms with Crippen molar-refractivity contribution in [3.63, 3.8) is 0 Å². The highest BCUT2D eigenvalue weighted by molar-refractivity contribution is 8.02. The Morgan fingerprint density at radius 3 is 2.40 bits per heavy atom. The summed E-state index contributed by atoms with van der Waals surface area (Å²) in [4.78, 5) is 12.4. The topological polar surface area (TPSA) is 46.4 Å². The minimum absolute atomic E-state index is 0.112. The van der Waals surface area contributed by atoms with Gasteiger partial charge in [0.05, 0.1) is 4.92 Å². The van der Waals surface area contributed by atoms with Crippen LogP contribution in [0.2, 0.25) is 0 Å². The molecule has 0 bridgehead atoms. The van der Waals surface area contributed by atoms with Crippen LogP contribution < -0.4 is 4.90 Å². The van der Waals surface area contributed by atoms with Gasteiger partial charge in [0.1, 0.15) is 5.37 Å². The van der Waals surface area contributed by atoms with Crippen molar-refractivity contribution in [2.24, 2.45) is 0 Å². The summed E-state index contributed by atoms with van der Waals surface area (Å²) in [6.45, 7) is 0. The predicted octanol–water partition coefficient (Wildman–Crippen LogP) is 4.32. The van der Waals surface area contributed by atoms with Gasteiger partial charge >= 0.3 is 0 Å². The van der Waals surface area contributed by atoms with E-state index in [9.17, 15) is 10.1 Å². The number of hydrogen-bond acceptors (Lipinski definition) is 4. The van der Waals surface area contributed by atoms with Gasteiger partial charge in [0.15, 0.2) is 0 Å². The lowest BCUT2D eigenvalue weighted by atomic mass is 10.2. The van der Waals surface area contributed by atoms with Crippen LogP contribution in [0.1, 0.15) is 10.9 Å². The molecule has 1 atom stereocenters. The molecule has 0 saturated heterocycles. The molecule has 0 fully saturated rings. The van der Waals surface area contributed by atoms with Crippen LogP contribution >= 0.6 is 11.8 Å². The molecular weight excluding hydrogens is 272 g/mol. The molecule has 0 aliphatic carbocycles. The molecule has 3 rings (SSSR count). The zero-order valence-corrected chi connectivity index (χ0v) is 11.4. The molecule has 0 amide bonds. The van der Waals surface area contributed by atoms with E-state index in [0.717, 1.165) is 5.69 Å². The summed E-state index contributed by atoms with van der Waals surface area (Å²) in [5.74, 6) is 0. The van der Waals surface area contributed by atoms with Gasteiger partial charge in [-0.25, -0.2) is 0 Å². The number of benzene rings is 2. The number of anilines is 1. The highest BCUT2D eigenvalue weighted by Gasteiger charge is 2.23. The monoisotopic (exact) mass is 284 g/mol. The molecule has 0 saturated carbocycles. The minimum Gasteiger partial charge on any atom is -0.331 e. The van der Waals surface area contributed by atoms with E-state index < -0.39 is 0 Å². The first-order valence-electron chi connectivity index (χ1n) is 6.15. The zero-order chi connectivity index (χ0) is 13.9. The second-order valence-corrected chi connectivity index (χ2v) is 5.36. The summed E-state index contributed by atoms with van der Waals surface area (Å²) < 4.78 is 0. The fourth-order valence-electron chi connectivity index (χ4n) is 2.14. The Balaban J connectivity index is 1.88. The number of non-ortho nitro benzene ring substituents is 1. The van der Waals surface area contributed by atoms with E-state index in [0.29, 0.717) is 0 Å². The highest BCUT2D eigenvalue weighted by atomic mass is 32.2. The number of thioether (sulfide) groups is 1. The maximum atomic E-state index is 10.7. The van der Waals surface area contributed by atoms with E-state index in [1.54, 1.807) is 23.9 Å². The third kappa shape index (κ3) is 2.40. The Bertz CT molecular complexity index is 641. The molecule has 1 heterocycles. The largest absolute Gasteiger partial charge is 0.331 e. The molecule has 1 aliphatic heterocycles. The number of rotatable bonds is 3. The summed E-state index contributed by atoms with van der Waals surface area (Å²) >= 11 is 1.72. The lowest BCUT2D eigenvalue weighted by Crippen LogP contribution is -2.16. The first-order valence-corrected chi connectivity index (χ1v) is 7.10. The Hall–Kier alpha value is -2.27. The molecule has 5 heteroatoms. The SMILES string of the molecule is O=[N+]([O-])c1ccc(N2C=CSC2c2ccccc2)cc1. The van der Waals surface area contributed by atoms with Crippen molar-refractivity contribution in [3.05, 3.63) is 81.9 Å². The quantitative estimate of drug-likeness (QED) is 0.622. The second-order valence-electron chi connectivity index (χ2n) is 4.37. The fraction of sp³-hybridized carbons (Fsp3) is 0.0667. The summed E-state index contributed by atoms with van der Waals surface area (Å²) in [5, 5.41) is 12.9. The maximum absolute atomic E-state index is 10.7. The second kappa shape index (κ2) is 5.38. The summed E-state index contributed by atoms with van der Waals surface area (Å²) in [6, 6.07) is 16.8. The van der Waals surface area contributed by atoms with Gasteiger partial charge in [0.25, 0.3) is 5.69 Å². The van der Waals surface area contributed by atoms with Crippen LogP contribution in [-0.4, -0.2) is 4.92 Å². The first kappa shape index (κ1) is 12.7. The Kier molecular flexibility index (Phi) is 3.43. The normalized spacial score (nSPS) is 17.4. The lowest BCUT2D eigenvalue weighted by molar-refractivity contribution is -0.384. The van der Waals surface area contributed by atoms with Crippen LogP contribution in [0.3, 0.4) is 0 Å². The Labute approximate surface area is 120 Å². The number of hydrogen-bond donors (Lipinski definition) is 0. The van der Waals surface area contributed by atoms with E-state index in [-0.39, 0.29) is 16.0 Å². The van der Waals surface area contributed by atoms with Gasteiger partial charge in [-0.2, -0.15) is 0 Å². The summed E-state index contributed by atoms with van der Waals surface area (Å²) in [5.41, 5.74) is 2.27. The smallest absolute Gasteiger partial charge is 0.269 e. The van der Waals surface area contributed by atoms with Gasteiger partial charge in [-0.1, -0.05) is 30.3 Å². The van der Waals surface area contributed by atoms with Crippen molar-refractivity contribution >= 4 is 23.1 Å². The molecule has 0 radical (unpaired) electrons. The van der Waals surface area contributed by atoms with Crippen molar-refractivity contribution < 1.29 is 4.92 Å². The van der Waals surface area contributed by atoms with Crippen LogP contribution in [-0.2, 0) is 0 Å². The molecule has 1 aliphatic rings. The average Bonchev–Trinajstić information content (AvgIpc) is 2.97. The van der Waals surface area contributed by atoms with Crippen LogP contribution in [0, 0.1) is 10.1 Å². The van der Waals surface area contributed by atoms with Gasteiger partial charge in [0.2, 0.25) is 0 Å². The third-order valence-corrected chi connectivity index (χ3v) is 4.16. The van der Waals surface area contributed by atoms with Crippen molar-refractivity contribution in [2.75, 3.05) is 4.90 Å². The molecule has 0 aromatic heterocycles. The average molecular weight is 284 g/mol. The van der Waals surface area contributed by atoms with Crippen LogP contribution in [0.4, 0.5) is 11.4 Å². The van der Waals surface area contributed by atoms with Gasteiger partial charge in [-0.05, 0) is 23.1 Å². The van der Waals surface area contributed by atoms with Gasteiger partial charge in [0, 0.05) is 24.0 Å². The molecule has 2 aromatic carbocycles. The van der Waals surface area contributed by atoms with Crippen LogP contribution in [0.15, 0.2) is 66.2 Å². The fourth-order valence-corrected chi connectivity index (χ4v) is 3.13. The van der Waals surface area contributed by atoms with Crippen molar-refractivity contribution in [3.8, 4) is 0 Å². The zero-order valence-electron chi connectivity index (χ0n) is 10.5. The van der Waals surface area contributed by atoms with Crippen molar-refractivity contribution in [1.29, 1.82) is 0 Å². The molecule has 20 heavy (non-hydrogen) atoms. The molecule has 0 N–H and O–H groups in total. The summed E-state index contributed by atoms with van der Waals surface area (Å²) in [6.07, 6.45) is 2.00. The van der Waals surface area contributed by atoms with E-state index in [2.05, 4.69) is 17.0 Å². The highest BCUT2D eigenvalue weighted by Crippen LogP contribution is 2.41. The standard InChI is InChI=1S/C15H12N2O2S/c18-17(19)14-8-6-13(7-9-14)16-10-11-20-15(16)12-4-2-1-3-5-12/h1-11,15H. The predicted molar refractivity (Wildman–Crippen MR) is 81.5 cm³/mol. The van der Waals surface area contributed by atoms with Gasteiger partial charge in [-0.15, -0.1) is 11.8 Å². The lowest BCUT2D eigenvalue weighted by Gasteiger charge is -2.25. The van der Waals surface area contributed by atoms with E-state index >= 15 is 0 Å². The molecule has 2 aromatic rings. The Morgan fingerprint density at radius 1 is 1.05 bits per heavy atom. The van der Waals surface area contributed by atoms with Crippen LogP contribution in [0.25, 0.3) is 0 Å². The van der Waals surface area contributed by atoms with E-state index in [1.165, 1.54) is 17.7 Å². The minimum atomic E-state index is -0.382. The van der Waals surface area contributed by atoms with Crippen LogP contribution in [0.5, 0.6) is 0 Å². The van der Waals surface area contributed by atoms with Crippen molar-refractivity contribution in [1.82, 2.24) is 0 Å². The molecule has 100 valence electrons. The Morgan fingerprint density at radius 2 is 1.75 bits per heavy atom. The molecule has 1 unspecified atom stereocenters. The molecule has 0 spiro atoms. The number of nitro groups is 1. The molecular formula is C15H12N2O2S. The van der Waals surface area contributed by atoms with E-state index in [4.69, 9.17) is 0 Å². The van der Waals surface area contributed by atoms with Gasteiger partial charge < -0.3 is 4.90 Å². The van der Waals surface area contributed by atoms with Crippen molar-refractivity contribution in [2.45, 2.75) is 5.37 Å². The number of nitrogens with zero attached hydrogens (tertiary/aromatic N) is 2. The third-order valence-electron chi connectivity index (χ3n) is 3.12. The van der Waals surface area contributed by atoms with Gasteiger partial charge in [-0.3, -0.25) is 10.1 Å². The maximum Gasteiger partial charge on any atom is 0.269 e. The first-order chi connectivity index (χ1) is 9.75. The summed E-state index contributed by atoms with van der Waals surface area (Å²) in [7, 11) is 0. The van der Waals surface area contributed by atoms with E-state index in [1.807, 2.05) is 29.8 Å². The number of nitro benzene ring substituents is 1. The molecule has 4 nitrogen and oxygen atoms in total.